The molecule has 0 heterocycles. The van der Waals surface area contributed by atoms with E-state index in [2.05, 4.69) is 6.58 Å². The number of thioether (sulfide) groups is 1. The summed E-state index contributed by atoms with van der Waals surface area (Å²) < 4.78 is 5.67. The van der Waals surface area contributed by atoms with Crippen LogP contribution in [0.3, 0.4) is 0 Å². The second-order valence-electron chi connectivity index (χ2n) is 6.56. The lowest BCUT2D eigenvalue weighted by Crippen LogP contribution is -2.33. The van der Waals surface area contributed by atoms with Crippen molar-refractivity contribution in [3.05, 3.63) is 78.9 Å². The Morgan fingerprint density at radius 3 is 2.08 bits per heavy atom. The summed E-state index contributed by atoms with van der Waals surface area (Å²) in [5.74, 6) is -0.337. The highest BCUT2D eigenvalue weighted by atomic mass is 32.2. The van der Waals surface area contributed by atoms with E-state index in [-0.39, 0.29) is 17.1 Å². The Bertz CT molecular complexity index is 659. The lowest BCUT2D eigenvalue weighted by atomic mass is 9.95. The Labute approximate surface area is 148 Å². The predicted molar refractivity (Wildman–Crippen MR) is 101 cm³/mol. The minimum atomic E-state index is -0.519. The number of esters is 1. The molecule has 0 radical (unpaired) electrons. The molecule has 0 bridgehead atoms. The normalized spacial score (nSPS) is 13.8. The molecule has 0 fully saturated rings. The lowest BCUT2D eigenvalue weighted by molar-refractivity contribution is -0.154. The van der Waals surface area contributed by atoms with Crippen LogP contribution in [0.15, 0.2) is 78.2 Å². The fourth-order valence-electron chi connectivity index (χ4n) is 2.38. The first-order valence-corrected chi connectivity index (χ1v) is 8.91. The summed E-state index contributed by atoms with van der Waals surface area (Å²) in [6.45, 7) is 9.63. The molecule has 0 amide bonds. The molecule has 2 rings (SSSR count). The highest BCUT2D eigenvalue weighted by Crippen LogP contribution is 2.36. The average molecular weight is 340 g/mol. The van der Waals surface area contributed by atoms with Gasteiger partial charge in [-0.15, -0.1) is 18.3 Å². The van der Waals surface area contributed by atoms with Crippen LogP contribution in [0, 0.1) is 0 Å². The van der Waals surface area contributed by atoms with Crippen LogP contribution in [-0.2, 0) is 9.53 Å². The number of ether oxygens (including phenoxy) is 1. The molecule has 0 saturated heterocycles. The Kier molecular flexibility index (Phi) is 6.27. The molecular weight excluding hydrogens is 316 g/mol. The van der Waals surface area contributed by atoms with Crippen LogP contribution in [-0.4, -0.2) is 16.8 Å². The van der Waals surface area contributed by atoms with Crippen LogP contribution in [0.4, 0.5) is 0 Å². The maximum absolute atomic E-state index is 12.8. The van der Waals surface area contributed by atoms with Gasteiger partial charge in [-0.25, -0.2) is 0 Å². The summed E-state index contributed by atoms with van der Waals surface area (Å²) in [7, 11) is 0. The van der Waals surface area contributed by atoms with Crippen molar-refractivity contribution in [2.75, 3.05) is 0 Å². The van der Waals surface area contributed by atoms with Crippen LogP contribution < -0.4 is 0 Å². The van der Waals surface area contributed by atoms with Crippen LogP contribution in [0.1, 0.15) is 32.3 Å². The molecule has 24 heavy (non-hydrogen) atoms. The van der Waals surface area contributed by atoms with Gasteiger partial charge in [0.05, 0.1) is 0 Å². The largest absolute Gasteiger partial charge is 0.459 e. The van der Waals surface area contributed by atoms with Crippen molar-refractivity contribution in [2.45, 2.75) is 42.4 Å². The van der Waals surface area contributed by atoms with Gasteiger partial charge in [0.2, 0.25) is 0 Å². The molecule has 0 N–H and O–H groups in total. The summed E-state index contributed by atoms with van der Waals surface area (Å²) >= 11 is 1.52. The first-order chi connectivity index (χ1) is 11.4. The van der Waals surface area contributed by atoms with Gasteiger partial charge in [-0.3, -0.25) is 4.79 Å². The number of carbonyl (C=O) groups is 1. The van der Waals surface area contributed by atoms with E-state index < -0.39 is 5.60 Å². The zero-order valence-corrected chi connectivity index (χ0v) is 15.3. The Balaban J connectivity index is 2.33. The summed E-state index contributed by atoms with van der Waals surface area (Å²) in [6, 6.07) is 19.9. The molecule has 2 aromatic carbocycles. The molecule has 0 aromatic heterocycles. The molecule has 0 spiro atoms. The van der Waals surface area contributed by atoms with E-state index in [1.807, 2.05) is 87.5 Å². The fourth-order valence-corrected chi connectivity index (χ4v) is 3.55. The van der Waals surface area contributed by atoms with Crippen molar-refractivity contribution in [2.24, 2.45) is 0 Å². The van der Waals surface area contributed by atoms with Gasteiger partial charge in [0.15, 0.2) is 0 Å². The van der Waals surface area contributed by atoms with Crippen LogP contribution >= 0.6 is 11.8 Å². The molecule has 0 aliphatic rings. The summed E-state index contributed by atoms with van der Waals surface area (Å²) in [6.07, 6.45) is 1.83. The van der Waals surface area contributed by atoms with E-state index in [9.17, 15) is 4.79 Å². The molecule has 2 aromatic rings. The molecule has 126 valence electrons. The van der Waals surface area contributed by atoms with Gasteiger partial charge in [-0.2, -0.15) is 0 Å². The second-order valence-corrected chi connectivity index (χ2v) is 7.77. The van der Waals surface area contributed by atoms with Crippen molar-refractivity contribution >= 4 is 17.7 Å². The molecule has 2 nitrogen and oxygen atoms in total. The maximum atomic E-state index is 12.8. The third-order valence-corrected chi connectivity index (χ3v) is 4.69. The summed E-state index contributed by atoms with van der Waals surface area (Å²) in [5.41, 5.74) is 0.543. The predicted octanol–water partition coefficient (Wildman–Crippen LogP) is 5.46. The molecule has 0 saturated carbocycles. The summed E-state index contributed by atoms with van der Waals surface area (Å²) in [5, 5.41) is -0.383. The smallest absolute Gasteiger partial charge is 0.320 e. The third kappa shape index (κ3) is 5.27. The zero-order valence-electron chi connectivity index (χ0n) is 14.4. The minimum Gasteiger partial charge on any atom is -0.459 e. The maximum Gasteiger partial charge on any atom is 0.320 e. The van der Waals surface area contributed by atoms with Crippen molar-refractivity contribution in [1.82, 2.24) is 0 Å². The fraction of sp³-hybridized carbons (Fsp3) is 0.286. The van der Waals surface area contributed by atoms with E-state index in [1.165, 1.54) is 11.8 Å². The Morgan fingerprint density at radius 1 is 1.04 bits per heavy atom. The van der Waals surface area contributed by atoms with Crippen LogP contribution in [0.2, 0.25) is 0 Å². The molecular formula is C21H24O2S. The number of allylic oxidation sites excluding steroid dienone is 1. The Hall–Kier alpha value is -2.00. The number of hydrogen-bond acceptors (Lipinski definition) is 3. The molecule has 0 unspecified atom stereocenters. The Morgan fingerprint density at radius 2 is 1.58 bits per heavy atom. The van der Waals surface area contributed by atoms with Gasteiger partial charge in [0, 0.05) is 10.8 Å². The molecule has 2 atom stereocenters. The minimum absolute atomic E-state index is 0.119. The first-order valence-electron chi connectivity index (χ1n) is 8.03. The number of rotatable bonds is 6. The highest BCUT2D eigenvalue weighted by molar-refractivity contribution is 8.00. The van der Waals surface area contributed by atoms with Crippen LogP contribution in [0.25, 0.3) is 0 Å². The van der Waals surface area contributed by atoms with Crippen LogP contribution in [0.5, 0.6) is 0 Å². The molecule has 3 heteroatoms. The van der Waals surface area contributed by atoms with Gasteiger partial charge in [-0.05, 0) is 38.5 Å². The monoisotopic (exact) mass is 340 g/mol. The van der Waals surface area contributed by atoms with Gasteiger partial charge in [-0.1, -0.05) is 54.6 Å². The second kappa shape index (κ2) is 8.20. The van der Waals surface area contributed by atoms with E-state index >= 15 is 0 Å². The van der Waals surface area contributed by atoms with Gasteiger partial charge < -0.3 is 4.74 Å². The zero-order chi connectivity index (χ0) is 17.6. The average Bonchev–Trinajstić information content (AvgIpc) is 2.55. The van der Waals surface area contributed by atoms with E-state index in [0.717, 1.165) is 10.5 Å². The topological polar surface area (TPSA) is 26.3 Å². The third-order valence-electron chi connectivity index (χ3n) is 3.41. The standard InChI is InChI=1S/C21H24O2S/c1-5-18(16-12-8-6-9-13-16)19(20(22)23-21(2,3)4)24-17-14-10-7-11-15-17/h5-15,18-19H,1H2,2-4H3/t18-,19+/m1/s1. The van der Waals surface area contributed by atoms with Crippen molar-refractivity contribution < 1.29 is 9.53 Å². The quantitative estimate of drug-likeness (QED) is 0.397. The van der Waals surface area contributed by atoms with E-state index in [0.29, 0.717) is 0 Å². The number of carbonyl (C=O) groups excluding carboxylic acids is 1. The van der Waals surface area contributed by atoms with E-state index in [4.69, 9.17) is 4.74 Å². The van der Waals surface area contributed by atoms with Gasteiger partial charge >= 0.3 is 5.97 Å². The van der Waals surface area contributed by atoms with Gasteiger partial charge in [0.1, 0.15) is 10.9 Å². The van der Waals surface area contributed by atoms with Crippen molar-refractivity contribution in [3.8, 4) is 0 Å². The first kappa shape index (κ1) is 18.3. The van der Waals surface area contributed by atoms with Crippen molar-refractivity contribution in [1.29, 1.82) is 0 Å². The number of benzene rings is 2. The van der Waals surface area contributed by atoms with Gasteiger partial charge in [0.25, 0.3) is 0 Å². The molecule has 0 aliphatic carbocycles. The molecule has 0 aliphatic heterocycles. The summed E-state index contributed by atoms with van der Waals surface area (Å²) in [4.78, 5) is 13.9. The van der Waals surface area contributed by atoms with Crippen molar-refractivity contribution in [3.63, 3.8) is 0 Å². The SMILES string of the molecule is C=C[C@H](c1ccccc1)[C@H](Sc1ccccc1)C(=O)OC(C)(C)C. The highest BCUT2D eigenvalue weighted by Gasteiger charge is 2.32. The number of hydrogen-bond donors (Lipinski definition) is 0. The van der Waals surface area contributed by atoms with E-state index in [1.54, 1.807) is 0 Å². The lowest BCUT2D eigenvalue weighted by Gasteiger charge is -2.27.